The molecule has 3 heterocycles. The molecular formula is C11H8BrNO2S. The van der Waals surface area contributed by atoms with E-state index in [4.69, 9.17) is 9.47 Å². The van der Waals surface area contributed by atoms with Crippen LogP contribution in [0, 0.1) is 0 Å². The minimum Gasteiger partial charge on any atom is -0.484 e. The van der Waals surface area contributed by atoms with Crippen LogP contribution in [0.5, 0.6) is 11.6 Å². The molecule has 5 heteroatoms. The van der Waals surface area contributed by atoms with Crippen molar-refractivity contribution in [1.82, 2.24) is 4.98 Å². The van der Waals surface area contributed by atoms with Gasteiger partial charge in [-0.3, -0.25) is 0 Å². The fourth-order valence-corrected chi connectivity index (χ4v) is 3.05. The minimum atomic E-state index is 0.567. The van der Waals surface area contributed by atoms with Crippen LogP contribution in [0.4, 0.5) is 0 Å². The van der Waals surface area contributed by atoms with Crippen LogP contribution in [0.1, 0.15) is 0 Å². The molecule has 82 valence electrons. The van der Waals surface area contributed by atoms with Gasteiger partial charge in [0.2, 0.25) is 0 Å². The topological polar surface area (TPSA) is 31.4 Å². The molecule has 0 atom stereocenters. The molecule has 0 aromatic carbocycles. The second-order valence-corrected chi connectivity index (χ2v) is 5.15. The predicted octanol–water partition coefficient (Wildman–Crippen LogP) is 3.34. The molecule has 0 unspecified atom stereocenters. The first-order valence-electron chi connectivity index (χ1n) is 4.83. The van der Waals surface area contributed by atoms with Crippen molar-refractivity contribution in [3.63, 3.8) is 0 Å². The highest BCUT2D eigenvalue weighted by Gasteiger charge is 2.18. The van der Waals surface area contributed by atoms with Gasteiger partial charge in [-0.05, 0) is 28.1 Å². The molecule has 0 radical (unpaired) electrons. The third-order valence-electron chi connectivity index (χ3n) is 2.27. The lowest BCUT2D eigenvalue weighted by Crippen LogP contribution is -2.16. The van der Waals surface area contributed by atoms with Crippen LogP contribution in [-0.4, -0.2) is 18.2 Å². The number of thiophene rings is 1. The lowest BCUT2D eigenvalue weighted by Gasteiger charge is -2.19. The van der Waals surface area contributed by atoms with Crippen LogP contribution in [0.3, 0.4) is 0 Å². The maximum Gasteiger partial charge on any atom is 0.257 e. The largest absolute Gasteiger partial charge is 0.484 e. The van der Waals surface area contributed by atoms with E-state index in [-0.39, 0.29) is 0 Å². The molecular weight excluding hydrogens is 290 g/mol. The Balaban J connectivity index is 2.13. The number of ether oxygens (including phenoxy) is 2. The highest BCUT2D eigenvalue weighted by atomic mass is 79.9. The van der Waals surface area contributed by atoms with Gasteiger partial charge in [0.15, 0.2) is 5.75 Å². The van der Waals surface area contributed by atoms with Gasteiger partial charge < -0.3 is 9.47 Å². The summed E-state index contributed by atoms with van der Waals surface area (Å²) in [6.07, 6.45) is 1.75. The van der Waals surface area contributed by atoms with Crippen molar-refractivity contribution in [3.05, 3.63) is 28.2 Å². The fraction of sp³-hybridized carbons (Fsp3) is 0.182. The summed E-state index contributed by atoms with van der Waals surface area (Å²) in [4.78, 5) is 5.31. The number of halogens is 1. The Morgan fingerprint density at radius 2 is 2.19 bits per heavy atom. The summed E-state index contributed by atoms with van der Waals surface area (Å²) in [5, 5.41) is 2.05. The summed E-state index contributed by atoms with van der Waals surface area (Å²) in [5.41, 5.74) is 1.04. The van der Waals surface area contributed by atoms with E-state index in [0.29, 0.717) is 19.1 Å². The van der Waals surface area contributed by atoms with E-state index >= 15 is 0 Å². The number of nitrogens with zero attached hydrogens (tertiary/aromatic N) is 1. The van der Waals surface area contributed by atoms with E-state index in [1.165, 1.54) is 0 Å². The molecule has 2 aromatic heterocycles. The number of fused-ring (bicyclic) bond motifs is 1. The Morgan fingerprint density at radius 3 is 3.00 bits per heavy atom. The van der Waals surface area contributed by atoms with Crippen molar-refractivity contribution in [3.8, 4) is 22.1 Å². The molecule has 0 saturated carbocycles. The zero-order valence-corrected chi connectivity index (χ0v) is 10.7. The molecule has 2 aromatic rings. The Labute approximate surface area is 105 Å². The first-order valence-corrected chi connectivity index (χ1v) is 6.51. The van der Waals surface area contributed by atoms with Crippen molar-refractivity contribution < 1.29 is 9.47 Å². The SMILES string of the molecule is Brc1csc(-c2ccnc3c2OCCO3)c1. The summed E-state index contributed by atoms with van der Waals surface area (Å²) in [6.45, 7) is 1.15. The van der Waals surface area contributed by atoms with E-state index in [0.717, 1.165) is 20.7 Å². The lowest BCUT2D eigenvalue weighted by atomic mass is 10.2. The quantitative estimate of drug-likeness (QED) is 0.809. The number of hydrogen-bond acceptors (Lipinski definition) is 4. The van der Waals surface area contributed by atoms with Crippen LogP contribution in [0.25, 0.3) is 10.4 Å². The van der Waals surface area contributed by atoms with Gasteiger partial charge in [-0.1, -0.05) is 0 Å². The molecule has 1 aliphatic heterocycles. The third kappa shape index (κ3) is 1.70. The van der Waals surface area contributed by atoms with Crippen LogP contribution >= 0.6 is 27.3 Å². The van der Waals surface area contributed by atoms with Gasteiger partial charge >= 0.3 is 0 Å². The molecule has 0 saturated heterocycles. The van der Waals surface area contributed by atoms with Gasteiger partial charge in [0.25, 0.3) is 5.88 Å². The highest BCUT2D eigenvalue weighted by molar-refractivity contribution is 9.10. The molecule has 16 heavy (non-hydrogen) atoms. The summed E-state index contributed by atoms with van der Waals surface area (Å²) < 4.78 is 12.1. The molecule has 0 spiro atoms. The van der Waals surface area contributed by atoms with Crippen molar-refractivity contribution in [1.29, 1.82) is 0 Å². The Bertz CT molecular complexity index is 526. The van der Waals surface area contributed by atoms with E-state index in [2.05, 4.69) is 27.0 Å². The summed E-state index contributed by atoms with van der Waals surface area (Å²) in [6, 6.07) is 4.02. The Morgan fingerprint density at radius 1 is 1.31 bits per heavy atom. The molecule has 1 aliphatic rings. The predicted molar refractivity (Wildman–Crippen MR) is 66.2 cm³/mol. The van der Waals surface area contributed by atoms with E-state index < -0.39 is 0 Å². The standard InChI is InChI=1S/C11H8BrNO2S/c12-7-5-9(16-6-7)8-1-2-13-11-10(8)14-3-4-15-11/h1-2,5-6H,3-4H2. The van der Waals surface area contributed by atoms with Gasteiger partial charge in [-0.2, -0.15) is 0 Å². The van der Waals surface area contributed by atoms with Crippen LogP contribution < -0.4 is 9.47 Å². The smallest absolute Gasteiger partial charge is 0.257 e. The van der Waals surface area contributed by atoms with Crippen LogP contribution in [-0.2, 0) is 0 Å². The summed E-state index contributed by atoms with van der Waals surface area (Å²) in [5.74, 6) is 1.34. The molecule has 0 amide bonds. The number of pyridine rings is 1. The first-order chi connectivity index (χ1) is 7.84. The first kappa shape index (κ1) is 10.1. The lowest BCUT2D eigenvalue weighted by molar-refractivity contribution is 0.165. The minimum absolute atomic E-state index is 0.567. The average Bonchev–Trinajstić information content (AvgIpc) is 2.75. The van der Waals surface area contributed by atoms with Crippen LogP contribution in [0.2, 0.25) is 0 Å². The van der Waals surface area contributed by atoms with E-state index in [1.54, 1.807) is 17.5 Å². The summed E-state index contributed by atoms with van der Waals surface area (Å²) in [7, 11) is 0. The molecule has 0 N–H and O–H groups in total. The zero-order valence-electron chi connectivity index (χ0n) is 8.27. The monoisotopic (exact) mass is 297 g/mol. The van der Waals surface area contributed by atoms with Crippen molar-refractivity contribution >= 4 is 27.3 Å². The van der Waals surface area contributed by atoms with Gasteiger partial charge in [0, 0.05) is 26.5 Å². The van der Waals surface area contributed by atoms with Gasteiger partial charge in [-0.25, -0.2) is 4.98 Å². The third-order valence-corrected chi connectivity index (χ3v) is 4.00. The molecule has 0 bridgehead atoms. The van der Waals surface area contributed by atoms with E-state index in [9.17, 15) is 0 Å². The zero-order chi connectivity index (χ0) is 11.0. The highest BCUT2D eigenvalue weighted by Crippen LogP contribution is 2.41. The van der Waals surface area contributed by atoms with Crippen molar-refractivity contribution in [2.45, 2.75) is 0 Å². The normalized spacial score (nSPS) is 13.8. The van der Waals surface area contributed by atoms with Crippen molar-refractivity contribution in [2.75, 3.05) is 13.2 Å². The maximum atomic E-state index is 5.62. The summed E-state index contributed by atoms with van der Waals surface area (Å²) >= 11 is 5.11. The number of rotatable bonds is 1. The fourth-order valence-electron chi connectivity index (χ4n) is 1.60. The van der Waals surface area contributed by atoms with Gasteiger partial charge in [0.05, 0.1) is 0 Å². The maximum absolute atomic E-state index is 5.62. The van der Waals surface area contributed by atoms with Gasteiger partial charge in [-0.15, -0.1) is 11.3 Å². The average molecular weight is 298 g/mol. The molecule has 0 aliphatic carbocycles. The second-order valence-electron chi connectivity index (χ2n) is 3.32. The Kier molecular flexibility index (Phi) is 2.57. The van der Waals surface area contributed by atoms with Crippen LogP contribution in [0.15, 0.2) is 28.2 Å². The number of hydrogen-bond donors (Lipinski definition) is 0. The second kappa shape index (κ2) is 4.07. The van der Waals surface area contributed by atoms with E-state index in [1.807, 2.05) is 11.4 Å². The molecule has 3 nitrogen and oxygen atoms in total. The van der Waals surface area contributed by atoms with Crippen molar-refractivity contribution in [2.24, 2.45) is 0 Å². The number of aromatic nitrogens is 1. The molecule has 3 rings (SSSR count). The Hall–Kier alpha value is -1.07. The molecule has 0 fully saturated rings. The van der Waals surface area contributed by atoms with Gasteiger partial charge in [0.1, 0.15) is 13.2 Å².